The maximum Gasteiger partial charge on any atom is 0.318 e. The molecule has 5 rings (SSSR count). The van der Waals surface area contributed by atoms with Crippen molar-refractivity contribution in [1.29, 1.82) is 0 Å². The van der Waals surface area contributed by atoms with Crippen molar-refractivity contribution in [2.45, 2.75) is 51.5 Å². The highest BCUT2D eigenvalue weighted by Gasteiger charge is 2.40. The molecule has 0 unspecified atom stereocenters. The van der Waals surface area contributed by atoms with Crippen LogP contribution >= 0.6 is 0 Å². The maximum absolute atomic E-state index is 15.0. The predicted molar refractivity (Wildman–Crippen MR) is 157 cm³/mol. The lowest BCUT2D eigenvalue weighted by Crippen LogP contribution is -2.51. The molecule has 0 bridgehead atoms. The van der Waals surface area contributed by atoms with Gasteiger partial charge in [-0.05, 0) is 56.4 Å². The largest absolute Gasteiger partial charge is 0.394 e. The number of nitrogens with zero attached hydrogens (tertiary/aromatic N) is 3. The minimum atomic E-state index is -1.13. The minimum absolute atomic E-state index is 0.0173. The first kappa shape index (κ1) is 31.0. The number of aryl methyl sites for hydroxylation is 1. The van der Waals surface area contributed by atoms with E-state index in [1.54, 1.807) is 18.0 Å². The number of hydrogen-bond acceptors (Lipinski definition) is 5. The number of aromatic nitrogens is 2. The fourth-order valence-corrected chi connectivity index (χ4v) is 6.05. The summed E-state index contributed by atoms with van der Waals surface area (Å²) >= 11 is 0. The fourth-order valence-electron chi connectivity index (χ4n) is 6.05. The molecule has 0 spiro atoms. The summed E-state index contributed by atoms with van der Waals surface area (Å²) in [5.74, 6) is -1.24. The number of aliphatic hydroxyl groups excluding tert-OH is 1. The maximum atomic E-state index is 15.0. The van der Waals surface area contributed by atoms with E-state index >= 15 is 4.39 Å². The number of benzene rings is 2. The standard InChI is InChI=1S/C32H40F3N5O3/c1-20-4-3-5-22(12-20)16-39-18-29(26-13-25(33)6-7-27(26)34)38-31(39)30(23-8-10-43-11-9-23)40(32(42)37-21(2)19-41)17-24-14-36-15-28(24)35/h3-7,12-13,18,21,23-24,28,30,36,41H,8-11,14-17,19H2,1-2H3,(H,37,42)/t21-,24-,28-,30+/m0/s1. The Bertz CT molecular complexity index is 1400. The van der Waals surface area contributed by atoms with Crippen LogP contribution in [-0.4, -0.2) is 77.3 Å². The molecule has 2 aliphatic rings. The fraction of sp³-hybridized carbons (Fsp3) is 0.500. The molecule has 4 atom stereocenters. The van der Waals surface area contributed by atoms with Gasteiger partial charge in [-0.2, -0.15) is 0 Å². The highest BCUT2D eigenvalue weighted by Crippen LogP contribution is 2.38. The van der Waals surface area contributed by atoms with Gasteiger partial charge in [-0.25, -0.2) is 22.9 Å². The van der Waals surface area contributed by atoms with Gasteiger partial charge in [0.2, 0.25) is 0 Å². The van der Waals surface area contributed by atoms with Crippen LogP contribution in [0.4, 0.5) is 18.0 Å². The van der Waals surface area contributed by atoms with E-state index in [1.165, 1.54) is 0 Å². The second kappa shape index (κ2) is 13.9. The Morgan fingerprint density at radius 1 is 1.21 bits per heavy atom. The molecule has 0 radical (unpaired) electrons. The number of alkyl halides is 1. The Balaban J connectivity index is 1.65. The molecule has 2 amide bonds. The molecule has 3 aromatic rings. The first-order valence-corrected chi connectivity index (χ1v) is 14.9. The van der Waals surface area contributed by atoms with Crippen LogP contribution in [0.2, 0.25) is 0 Å². The Hall–Kier alpha value is -3.41. The molecular formula is C32H40F3N5O3. The van der Waals surface area contributed by atoms with Crippen molar-refractivity contribution in [3.05, 3.63) is 77.2 Å². The molecule has 8 nitrogen and oxygen atoms in total. The lowest BCUT2D eigenvalue weighted by molar-refractivity contribution is 0.0253. The van der Waals surface area contributed by atoms with Crippen LogP contribution in [0, 0.1) is 30.4 Å². The number of rotatable bonds is 10. The van der Waals surface area contributed by atoms with Crippen LogP contribution in [0.5, 0.6) is 0 Å². The van der Waals surface area contributed by atoms with Gasteiger partial charge >= 0.3 is 6.03 Å². The SMILES string of the molecule is Cc1cccc(Cn2cc(-c3cc(F)ccc3F)nc2[C@@H](C2CCOCC2)N(C[C@@H]2CNC[C@@H]2F)C(=O)N[C@@H](C)CO)c1. The summed E-state index contributed by atoms with van der Waals surface area (Å²) in [6.07, 6.45) is 1.83. The van der Waals surface area contributed by atoms with Crippen molar-refractivity contribution in [3.8, 4) is 11.3 Å². The molecule has 3 N–H and O–H groups in total. The average Bonchev–Trinajstić information content (AvgIpc) is 3.60. The van der Waals surface area contributed by atoms with Gasteiger partial charge < -0.3 is 29.9 Å². The molecule has 2 fully saturated rings. The molecule has 11 heteroatoms. The first-order chi connectivity index (χ1) is 20.7. The van der Waals surface area contributed by atoms with Crippen molar-refractivity contribution in [2.75, 3.05) is 39.5 Å². The van der Waals surface area contributed by atoms with E-state index < -0.39 is 41.8 Å². The Kier molecular flexibility index (Phi) is 10.0. The number of aliphatic hydroxyl groups is 1. The molecule has 232 valence electrons. The van der Waals surface area contributed by atoms with Gasteiger partial charge in [-0.15, -0.1) is 0 Å². The molecule has 3 heterocycles. The molecule has 43 heavy (non-hydrogen) atoms. The molecule has 2 aromatic carbocycles. The van der Waals surface area contributed by atoms with E-state index in [0.29, 0.717) is 45.0 Å². The van der Waals surface area contributed by atoms with Gasteiger partial charge in [-0.1, -0.05) is 29.8 Å². The van der Waals surface area contributed by atoms with Crippen LogP contribution in [0.1, 0.15) is 42.8 Å². The van der Waals surface area contributed by atoms with Crippen molar-refractivity contribution < 1.29 is 27.8 Å². The quantitative estimate of drug-likeness (QED) is 0.317. The molecule has 2 aliphatic heterocycles. The van der Waals surface area contributed by atoms with E-state index in [4.69, 9.17) is 9.72 Å². The third kappa shape index (κ3) is 7.39. The number of halogens is 3. The van der Waals surface area contributed by atoms with Crippen LogP contribution in [0.3, 0.4) is 0 Å². The topological polar surface area (TPSA) is 91.7 Å². The van der Waals surface area contributed by atoms with E-state index in [1.807, 2.05) is 35.8 Å². The van der Waals surface area contributed by atoms with Crippen LogP contribution in [0.25, 0.3) is 11.3 Å². The summed E-state index contributed by atoms with van der Waals surface area (Å²) in [5.41, 5.74) is 2.30. The number of amides is 2. The smallest absolute Gasteiger partial charge is 0.318 e. The second-order valence-electron chi connectivity index (χ2n) is 11.7. The minimum Gasteiger partial charge on any atom is -0.394 e. The second-order valence-corrected chi connectivity index (χ2v) is 11.7. The summed E-state index contributed by atoms with van der Waals surface area (Å²) in [4.78, 5) is 20.5. The number of nitrogens with one attached hydrogen (secondary N) is 2. The number of urea groups is 1. The third-order valence-electron chi connectivity index (χ3n) is 8.35. The van der Waals surface area contributed by atoms with Gasteiger partial charge in [0.15, 0.2) is 0 Å². The zero-order valence-electron chi connectivity index (χ0n) is 24.6. The van der Waals surface area contributed by atoms with Crippen molar-refractivity contribution in [2.24, 2.45) is 11.8 Å². The summed E-state index contributed by atoms with van der Waals surface area (Å²) in [6, 6.07) is 9.62. The summed E-state index contributed by atoms with van der Waals surface area (Å²) < 4.78 is 51.9. The van der Waals surface area contributed by atoms with Crippen LogP contribution in [-0.2, 0) is 11.3 Å². The Labute approximate surface area is 250 Å². The molecule has 0 saturated carbocycles. The van der Waals surface area contributed by atoms with Gasteiger partial charge in [-0.3, -0.25) is 0 Å². The van der Waals surface area contributed by atoms with E-state index in [-0.39, 0.29) is 36.9 Å². The number of hydrogen-bond donors (Lipinski definition) is 3. The number of carbonyl (C=O) groups is 1. The molecule has 2 saturated heterocycles. The lowest BCUT2D eigenvalue weighted by Gasteiger charge is -2.40. The zero-order chi connectivity index (χ0) is 30.5. The van der Waals surface area contributed by atoms with E-state index in [9.17, 15) is 18.7 Å². The predicted octanol–water partition coefficient (Wildman–Crippen LogP) is 4.60. The summed E-state index contributed by atoms with van der Waals surface area (Å²) in [5, 5.41) is 15.6. The highest BCUT2D eigenvalue weighted by atomic mass is 19.1. The normalized spacial score (nSPS) is 20.6. The number of carbonyl (C=O) groups excluding carboxylic acids is 1. The Morgan fingerprint density at radius 2 is 2.00 bits per heavy atom. The molecule has 0 aliphatic carbocycles. The van der Waals surface area contributed by atoms with Gasteiger partial charge in [0.1, 0.15) is 23.6 Å². The third-order valence-corrected chi connectivity index (χ3v) is 8.35. The summed E-state index contributed by atoms with van der Waals surface area (Å²) in [6.45, 7) is 5.52. The molecule has 1 aromatic heterocycles. The van der Waals surface area contributed by atoms with Gasteiger partial charge in [0.05, 0.1) is 24.4 Å². The van der Waals surface area contributed by atoms with Crippen molar-refractivity contribution in [3.63, 3.8) is 0 Å². The van der Waals surface area contributed by atoms with Gasteiger partial charge in [0.25, 0.3) is 0 Å². The highest BCUT2D eigenvalue weighted by molar-refractivity contribution is 5.75. The Morgan fingerprint density at radius 3 is 2.70 bits per heavy atom. The van der Waals surface area contributed by atoms with Crippen molar-refractivity contribution >= 4 is 6.03 Å². The van der Waals surface area contributed by atoms with Crippen LogP contribution < -0.4 is 10.6 Å². The molecular weight excluding hydrogens is 559 g/mol. The first-order valence-electron chi connectivity index (χ1n) is 14.9. The van der Waals surface area contributed by atoms with Crippen molar-refractivity contribution in [1.82, 2.24) is 25.1 Å². The number of ether oxygens (including phenoxy) is 1. The van der Waals surface area contributed by atoms with Gasteiger partial charge in [0, 0.05) is 57.1 Å². The lowest BCUT2D eigenvalue weighted by atomic mass is 9.89. The zero-order valence-corrected chi connectivity index (χ0v) is 24.6. The summed E-state index contributed by atoms with van der Waals surface area (Å²) in [7, 11) is 0. The van der Waals surface area contributed by atoms with E-state index in [2.05, 4.69) is 10.6 Å². The number of imidazole rings is 1. The average molecular weight is 600 g/mol. The van der Waals surface area contributed by atoms with Crippen LogP contribution in [0.15, 0.2) is 48.7 Å². The monoisotopic (exact) mass is 599 g/mol. The van der Waals surface area contributed by atoms with E-state index in [0.717, 1.165) is 29.3 Å².